The van der Waals surface area contributed by atoms with Gasteiger partial charge in [0.05, 0.1) is 10.6 Å². The fourth-order valence-electron chi connectivity index (χ4n) is 2.94. The van der Waals surface area contributed by atoms with Gasteiger partial charge >= 0.3 is 0 Å². The lowest BCUT2D eigenvalue weighted by Crippen LogP contribution is -2.30. The second-order valence-corrected chi connectivity index (χ2v) is 7.96. The van der Waals surface area contributed by atoms with Crippen molar-refractivity contribution in [2.75, 3.05) is 6.54 Å². The number of amides is 1. The zero-order chi connectivity index (χ0) is 17.2. The Balaban J connectivity index is 1.75. The van der Waals surface area contributed by atoms with Crippen LogP contribution >= 0.6 is 23.1 Å². The van der Waals surface area contributed by atoms with Crippen LogP contribution < -0.4 is 5.32 Å². The summed E-state index contributed by atoms with van der Waals surface area (Å²) in [5, 5.41) is 6.61. The highest BCUT2D eigenvalue weighted by molar-refractivity contribution is 8.00. The first-order valence-corrected chi connectivity index (χ1v) is 9.91. The van der Waals surface area contributed by atoms with E-state index in [1.165, 1.54) is 35.2 Å². The lowest BCUT2D eigenvalue weighted by atomic mass is 10.1. The molecule has 25 heavy (non-hydrogen) atoms. The Morgan fingerprint density at radius 1 is 1.20 bits per heavy atom. The predicted molar refractivity (Wildman–Crippen MR) is 99.3 cm³/mol. The Kier molecular flexibility index (Phi) is 4.67. The molecular weight excluding hydrogens is 357 g/mol. The molecule has 1 unspecified atom stereocenters. The molecule has 0 spiro atoms. The Labute approximate surface area is 152 Å². The molecule has 4 nitrogen and oxygen atoms in total. The van der Waals surface area contributed by atoms with Crippen LogP contribution in [0.4, 0.5) is 4.39 Å². The monoisotopic (exact) mass is 373 g/mol. The molecule has 0 bridgehead atoms. The zero-order valence-electron chi connectivity index (χ0n) is 13.4. The van der Waals surface area contributed by atoms with Crippen LogP contribution in [-0.2, 0) is 4.79 Å². The summed E-state index contributed by atoms with van der Waals surface area (Å²) in [7, 11) is 0. The molecule has 7 heteroatoms. The van der Waals surface area contributed by atoms with Crippen molar-refractivity contribution in [2.45, 2.75) is 29.5 Å². The third-order valence-corrected chi connectivity index (χ3v) is 6.38. The second-order valence-electron chi connectivity index (χ2n) is 5.91. The molecule has 0 aliphatic carbocycles. The number of nitrogens with zero attached hydrogens (tertiary/aromatic N) is 2. The van der Waals surface area contributed by atoms with E-state index in [1.807, 2.05) is 5.38 Å². The van der Waals surface area contributed by atoms with Gasteiger partial charge in [-0.15, -0.1) is 11.3 Å². The van der Waals surface area contributed by atoms with Crippen LogP contribution in [0.25, 0.3) is 21.3 Å². The number of carbonyl (C=O) groups excluding carboxylic acids is 1. The van der Waals surface area contributed by atoms with E-state index in [2.05, 4.69) is 15.3 Å². The highest BCUT2D eigenvalue weighted by Gasteiger charge is 2.24. The molecular formula is C18H16FN3OS2. The normalized spacial score (nSPS) is 18.1. The summed E-state index contributed by atoms with van der Waals surface area (Å²) in [6.45, 7) is 0.744. The first kappa shape index (κ1) is 16.5. The number of benzene rings is 1. The van der Waals surface area contributed by atoms with E-state index < -0.39 is 0 Å². The number of thioether (sulfide) groups is 1. The zero-order valence-corrected chi connectivity index (χ0v) is 15.0. The molecule has 1 aliphatic heterocycles. The SMILES string of the molecule is O=C1NCCCCC1Sc1ncnc2scc(-c3ccc(F)cc3)c12. The van der Waals surface area contributed by atoms with E-state index in [0.29, 0.717) is 0 Å². The summed E-state index contributed by atoms with van der Waals surface area (Å²) < 4.78 is 13.2. The molecule has 1 amide bonds. The summed E-state index contributed by atoms with van der Waals surface area (Å²) in [4.78, 5) is 22.0. The number of carbonyl (C=O) groups is 1. The molecule has 1 atom stereocenters. The summed E-state index contributed by atoms with van der Waals surface area (Å²) in [5.74, 6) is -0.183. The van der Waals surface area contributed by atoms with E-state index in [1.54, 1.807) is 18.5 Å². The van der Waals surface area contributed by atoms with Gasteiger partial charge in [-0.25, -0.2) is 14.4 Å². The van der Waals surface area contributed by atoms with E-state index in [-0.39, 0.29) is 17.0 Å². The molecule has 1 fully saturated rings. The predicted octanol–water partition coefficient (Wildman–Crippen LogP) is 4.26. The van der Waals surface area contributed by atoms with Crippen molar-refractivity contribution in [1.82, 2.24) is 15.3 Å². The third-order valence-electron chi connectivity index (χ3n) is 4.23. The average Bonchev–Trinajstić information content (AvgIpc) is 2.96. The molecule has 1 saturated heterocycles. The topological polar surface area (TPSA) is 54.9 Å². The van der Waals surface area contributed by atoms with Crippen LogP contribution in [0.3, 0.4) is 0 Å². The van der Waals surface area contributed by atoms with Gasteiger partial charge < -0.3 is 5.32 Å². The van der Waals surface area contributed by atoms with Gasteiger partial charge in [0.15, 0.2) is 0 Å². The first-order chi connectivity index (χ1) is 12.2. The fourth-order valence-corrected chi connectivity index (χ4v) is 5.09. The van der Waals surface area contributed by atoms with Crippen molar-refractivity contribution in [1.29, 1.82) is 0 Å². The maximum absolute atomic E-state index is 13.2. The molecule has 2 aromatic heterocycles. The Bertz CT molecular complexity index is 910. The van der Waals surface area contributed by atoms with Crippen LogP contribution in [-0.4, -0.2) is 27.7 Å². The van der Waals surface area contributed by atoms with E-state index in [4.69, 9.17) is 0 Å². The minimum atomic E-state index is -0.260. The van der Waals surface area contributed by atoms with Crippen molar-refractivity contribution in [3.8, 4) is 11.1 Å². The van der Waals surface area contributed by atoms with Crippen LogP contribution in [0.15, 0.2) is 41.0 Å². The van der Waals surface area contributed by atoms with Gasteiger partial charge in [0, 0.05) is 17.5 Å². The maximum atomic E-state index is 13.2. The van der Waals surface area contributed by atoms with Crippen LogP contribution in [0.1, 0.15) is 19.3 Å². The molecule has 4 rings (SSSR count). The average molecular weight is 373 g/mol. The largest absolute Gasteiger partial charge is 0.355 e. The van der Waals surface area contributed by atoms with E-state index in [0.717, 1.165) is 52.2 Å². The minimum absolute atomic E-state index is 0.0767. The minimum Gasteiger partial charge on any atom is -0.355 e. The van der Waals surface area contributed by atoms with Crippen LogP contribution in [0, 0.1) is 5.82 Å². The highest BCUT2D eigenvalue weighted by Crippen LogP contribution is 2.39. The molecule has 3 aromatic rings. The third kappa shape index (κ3) is 3.39. The lowest BCUT2D eigenvalue weighted by molar-refractivity contribution is -0.120. The van der Waals surface area contributed by atoms with Gasteiger partial charge in [0.1, 0.15) is 22.0 Å². The van der Waals surface area contributed by atoms with Gasteiger partial charge in [0.25, 0.3) is 0 Å². The van der Waals surface area contributed by atoms with E-state index in [9.17, 15) is 9.18 Å². The fraction of sp³-hybridized carbons (Fsp3) is 0.278. The van der Waals surface area contributed by atoms with Crippen molar-refractivity contribution in [3.05, 3.63) is 41.8 Å². The number of halogens is 1. The number of hydrogen-bond donors (Lipinski definition) is 1. The lowest BCUT2D eigenvalue weighted by Gasteiger charge is -2.13. The van der Waals surface area contributed by atoms with Crippen molar-refractivity contribution in [3.63, 3.8) is 0 Å². The molecule has 3 heterocycles. The Morgan fingerprint density at radius 2 is 2.04 bits per heavy atom. The highest BCUT2D eigenvalue weighted by atomic mass is 32.2. The van der Waals surface area contributed by atoms with Crippen LogP contribution in [0.5, 0.6) is 0 Å². The molecule has 0 radical (unpaired) electrons. The summed E-state index contributed by atoms with van der Waals surface area (Å²) >= 11 is 3.04. The van der Waals surface area contributed by atoms with Crippen molar-refractivity contribution >= 4 is 39.2 Å². The van der Waals surface area contributed by atoms with Crippen molar-refractivity contribution in [2.24, 2.45) is 0 Å². The van der Waals surface area contributed by atoms with Crippen molar-refractivity contribution < 1.29 is 9.18 Å². The second kappa shape index (κ2) is 7.09. The molecule has 1 N–H and O–H groups in total. The maximum Gasteiger partial charge on any atom is 0.233 e. The van der Waals surface area contributed by atoms with E-state index >= 15 is 0 Å². The summed E-state index contributed by atoms with van der Waals surface area (Å²) in [5.41, 5.74) is 1.91. The van der Waals surface area contributed by atoms with Gasteiger partial charge in [-0.1, -0.05) is 30.3 Å². The molecule has 1 aromatic carbocycles. The van der Waals surface area contributed by atoms with Gasteiger partial charge in [-0.2, -0.15) is 0 Å². The number of nitrogens with one attached hydrogen (secondary N) is 1. The molecule has 0 saturated carbocycles. The smallest absolute Gasteiger partial charge is 0.233 e. The quantitative estimate of drug-likeness (QED) is 0.697. The number of rotatable bonds is 3. The summed E-state index contributed by atoms with van der Waals surface area (Å²) in [6.07, 6.45) is 4.43. The number of thiophene rings is 1. The Hall–Kier alpha value is -1.99. The number of hydrogen-bond acceptors (Lipinski definition) is 5. The molecule has 1 aliphatic rings. The Morgan fingerprint density at radius 3 is 2.88 bits per heavy atom. The number of aromatic nitrogens is 2. The van der Waals surface area contributed by atoms with Gasteiger partial charge in [-0.05, 0) is 30.5 Å². The first-order valence-electron chi connectivity index (χ1n) is 8.15. The summed E-state index contributed by atoms with van der Waals surface area (Å²) in [6, 6.07) is 6.43. The van der Waals surface area contributed by atoms with Gasteiger partial charge in [-0.3, -0.25) is 4.79 Å². The standard InChI is InChI=1S/C18H16FN3OS2/c19-12-6-4-11(5-7-12)13-9-24-17-15(13)18(22-10-21-17)25-14-3-1-2-8-20-16(14)23/h4-7,9-10,14H,1-3,8H2,(H,20,23). The van der Waals surface area contributed by atoms with Crippen LogP contribution in [0.2, 0.25) is 0 Å². The number of fused-ring (bicyclic) bond motifs is 1. The molecule has 128 valence electrons. The van der Waals surface area contributed by atoms with Gasteiger partial charge in [0.2, 0.25) is 5.91 Å².